The van der Waals surface area contributed by atoms with Crippen molar-refractivity contribution < 1.29 is 4.74 Å². The largest absolute Gasteiger partial charge is 0.456 e. The van der Waals surface area contributed by atoms with E-state index in [0.717, 1.165) is 28.0 Å². The number of ether oxygens (including phenoxy) is 1. The summed E-state index contributed by atoms with van der Waals surface area (Å²) in [5.41, 5.74) is 1.95. The van der Waals surface area contributed by atoms with Crippen LogP contribution in [-0.4, -0.2) is 9.97 Å². The zero-order chi connectivity index (χ0) is 12.1. The van der Waals surface area contributed by atoms with Crippen LogP contribution in [0.2, 0.25) is 0 Å². The molecule has 86 valence electrons. The monoisotopic (exact) mass is 236 g/mol. The molecule has 0 unspecified atom stereocenters. The Balaban J connectivity index is 2.26. The van der Waals surface area contributed by atoms with Crippen LogP contribution in [0.5, 0.6) is 11.5 Å². The highest BCUT2D eigenvalue weighted by atomic mass is 16.5. The molecule has 0 amide bonds. The summed E-state index contributed by atoms with van der Waals surface area (Å²) in [7, 11) is 0. The molecule has 18 heavy (non-hydrogen) atoms. The Hall–Kier alpha value is -2.62. The Morgan fingerprint density at radius 2 is 1.83 bits per heavy atom. The molecule has 0 fully saturated rings. The molecule has 4 rings (SSSR count). The molecule has 2 aromatic carbocycles. The molecular weight excluding hydrogens is 228 g/mol. The van der Waals surface area contributed by atoms with Gasteiger partial charge in [0.25, 0.3) is 0 Å². The number of nitrogens with one attached hydrogen (secondary N) is 1. The molecule has 2 heterocycles. The number of aromatic amines is 1. The fourth-order valence-corrected chi connectivity index (χ4v) is 2.33. The van der Waals surface area contributed by atoms with Crippen LogP contribution in [0.1, 0.15) is 0 Å². The predicted molar refractivity (Wildman–Crippen MR) is 67.9 cm³/mol. The summed E-state index contributed by atoms with van der Waals surface area (Å²) in [6, 6.07) is 13.2. The third-order valence-corrected chi connectivity index (χ3v) is 3.08. The molecule has 0 radical (unpaired) electrons. The van der Waals surface area contributed by atoms with Crippen molar-refractivity contribution in [1.82, 2.24) is 9.97 Å². The van der Waals surface area contributed by atoms with Gasteiger partial charge >= 0.3 is 5.69 Å². The number of nitrogens with zero attached hydrogens (tertiary/aromatic N) is 1. The Morgan fingerprint density at radius 3 is 2.78 bits per heavy atom. The maximum atomic E-state index is 11.6. The number of aromatic nitrogens is 2. The van der Waals surface area contributed by atoms with Crippen molar-refractivity contribution >= 4 is 10.9 Å². The van der Waals surface area contributed by atoms with Crippen LogP contribution in [0.15, 0.2) is 47.3 Å². The first-order valence-corrected chi connectivity index (χ1v) is 5.63. The lowest BCUT2D eigenvalue weighted by Crippen LogP contribution is -2.13. The van der Waals surface area contributed by atoms with Crippen LogP contribution >= 0.6 is 0 Å². The maximum Gasteiger partial charge on any atom is 0.345 e. The highest BCUT2D eigenvalue weighted by Gasteiger charge is 2.21. The molecule has 0 atom stereocenters. The average molecular weight is 236 g/mol. The van der Waals surface area contributed by atoms with Gasteiger partial charge in [-0.1, -0.05) is 18.2 Å². The summed E-state index contributed by atoms with van der Waals surface area (Å²) in [5, 5.41) is 0.857. The summed E-state index contributed by atoms with van der Waals surface area (Å²) >= 11 is 0. The van der Waals surface area contributed by atoms with Gasteiger partial charge in [0, 0.05) is 5.56 Å². The van der Waals surface area contributed by atoms with Crippen molar-refractivity contribution in [1.29, 1.82) is 0 Å². The Kier molecular flexibility index (Phi) is 1.67. The second-order valence-corrected chi connectivity index (χ2v) is 4.17. The number of H-pyrrole nitrogens is 1. The molecule has 0 aliphatic carbocycles. The van der Waals surface area contributed by atoms with E-state index in [9.17, 15) is 4.79 Å². The summed E-state index contributed by atoms with van der Waals surface area (Å²) in [5.74, 6) is 1.46. The van der Waals surface area contributed by atoms with Gasteiger partial charge in [-0.2, -0.15) is 4.98 Å². The van der Waals surface area contributed by atoms with Crippen molar-refractivity contribution in [3.8, 4) is 22.8 Å². The van der Waals surface area contributed by atoms with Crippen LogP contribution in [-0.2, 0) is 0 Å². The van der Waals surface area contributed by atoms with Crippen molar-refractivity contribution in [2.75, 3.05) is 0 Å². The molecule has 0 saturated carbocycles. The van der Waals surface area contributed by atoms with Gasteiger partial charge in [0.2, 0.25) is 0 Å². The van der Waals surface area contributed by atoms with E-state index < -0.39 is 0 Å². The minimum absolute atomic E-state index is 0.341. The van der Waals surface area contributed by atoms with Gasteiger partial charge < -0.3 is 9.72 Å². The van der Waals surface area contributed by atoms with Crippen LogP contribution < -0.4 is 10.4 Å². The Labute approximate surface area is 102 Å². The SMILES string of the molecule is O=c1nc2c3c(cccc3[nH]1)Oc1ccccc1-2. The van der Waals surface area contributed by atoms with Crippen LogP contribution in [0.3, 0.4) is 0 Å². The summed E-state index contributed by atoms with van der Waals surface area (Å²) in [6.45, 7) is 0. The predicted octanol–water partition coefficient (Wildman–Crippen LogP) is 2.70. The van der Waals surface area contributed by atoms with Crippen LogP contribution in [0, 0.1) is 0 Å². The number of hydrogen-bond donors (Lipinski definition) is 1. The van der Waals surface area contributed by atoms with E-state index in [1.807, 2.05) is 42.5 Å². The lowest BCUT2D eigenvalue weighted by Gasteiger charge is -2.19. The van der Waals surface area contributed by atoms with Gasteiger partial charge in [-0.25, -0.2) is 4.79 Å². The van der Waals surface area contributed by atoms with Crippen LogP contribution in [0.4, 0.5) is 0 Å². The average Bonchev–Trinajstić information content (AvgIpc) is 2.38. The maximum absolute atomic E-state index is 11.6. The summed E-state index contributed by atoms with van der Waals surface area (Å²) in [6.07, 6.45) is 0. The first-order chi connectivity index (χ1) is 8.83. The lowest BCUT2D eigenvalue weighted by atomic mass is 10.0. The molecule has 0 spiro atoms. The molecular formula is C14H8N2O2. The second kappa shape index (κ2) is 3.20. The van der Waals surface area contributed by atoms with Gasteiger partial charge in [0.05, 0.1) is 16.6 Å². The molecule has 0 bridgehead atoms. The molecule has 1 aromatic heterocycles. The van der Waals surface area contributed by atoms with Crippen molar-refractivity contribution in [3.05, 3.63) is 52.9 Å². The molecule has 1 aliphatic heterocycles. The van der Waals surface area contributed by atoms with Crippen LogP contribution in [0.25, 0.3) is 22.2 Å². The topological polar surface area (TPSA) is 55.0 Å². The minimum atomic E-state index is -0.341. The standard InChI is InChI=1S/C14H8N2O2/c17-14-15-9-5-3-7-11-12(9)13(16-14)8-4-1-2-6-10(8)18-11/h1-7H,(H,15,16,17). The second-order valence-electron chi connectivity index (χ2n) is 4.17. The van der Waals surface area contributed by atoms with E-state index in [2.05, 4.69) is 9.97 Å². The zero-order valence-corrected chi connectivity index (χ0v) is 9.31. The van der Waals surface area contributed by atoms with Gasteiger partial charge in [-0.15, -0.1) is 0 Å². The lowest BCUT2D eigenvalue weighted by molar-refractivity contribution is 0.486. The van der Waals surface area contributed by atoms with E-state index in [0.29, 0.717) is 5.69 Å². The normalized spacial score (nSPS) is 12.0. The highest BCUT2D eigenvalue weighted by Crippen LogP contribution is 2.43. The fraction of sp³-hybridized carbons (Fsp3) is 0. The molecule has 0 saturated heterocycles. The molecule has 1 N–H and O–H groups in total. The van der Waals surface area contributed by atoms with Crippen molar-refractivity contribution in [2.24, 2.45) is 0 Å². The third-order valence-electron chi connectivity index (χ3n) is 3.08. The van der Waals surface area contributed by atoms with E-state index in [-0.39, 0.29) is 5.69 Å². The zero-order valence-electron chi connectivity index (χ0n) is 9.31. The minimum Gasteiger partial charge on any atom is -0.456 e. The smallest absolute Gasteiger partial charge is 0.345 e. The number of para-hydroxylation sites is 1. The third kappa shape index (κ3) is 1.14. The molecule has 1 aliphatic rings. The van der Waals surface area contributed by atoms with Gasteiger partial charge in [0.15, 0.2) is 0 Å². The van der Waals surface area contributed by atoms with E-state index >= 15 is 0 Å². The number of fused-ring (bicyclic) bond motifs is 2. The van der Waals surface area contributed by atoms with Crippen molar-refractivity contribution in [3.63, 3.8) is 0 Å². The molecule has 4 nitrogen and oxygen atoms in total. The summed E-state index contributed by atoms with van der Waals surface area (Å²) < 4.78 is 5.83. The highest BCUT2D eigenvalue weighted by molar-refractivity contribution is 6.00. The van der Waals surface area contributed by atoms with E-state index in [1.165, 1.54) is 0 Å². The van der Waals surface area contributed by atoms with E-state index in [4.69, 9.17) is 4.74 Å². The molecule has 4 heteroatoms. The van der Waals surface area contributed by atoms with E-state index in [1.54, 1.807) is 0 Å². The first kappa shape index (κ1) is 9.41. The van der Waals surface area contributed by atoms with Crippen molar-refractivity contribution in [2.45, 2.75) is 0 Å². The quantitative estimate of drug-likeness (QED) is 0.510. The number of hydrogen-bond acceptors (Lipinski definition) is 3. The van der Waals surface area contributed by atoms with Gasteiger partial charge in [-0.05, 0) is 24.3 Å². The van der Waals surface area contributed by atoms with Gasteiger partial charge in [-0.3, -0.25) is 0 Å². The Bertz CT molecular complexity index is 837. The number of rotatable bonds is 0. The number of benzene rings is 2. The summed E-state index contributed by atoms with van der Waals surface area (Å²) in [4.78, 5) is 18.4. The molecule has 3 aromatic rings. The van der Waals surface area contributed by atoms with Gasteiger partial charge in [0.1, 0.15) is 11.5 Å². The fourth-order valence-electron chi connectivity index (χ4n) is 2.33. The Morgan fingerprint density at radius 1 is 1.00 bits per heavy atom. The first-order valence-electron chi connectivity index (χ1n) is 5.63.